The Morgan fingerprint density at radius 1 is 1.24 bits per heavy atom. The molecule has 0 saturated heterocycles. The van der Waals surface area contributed by atoms with Gasteiger partial charge in [0.2, 0.25) is 0 Å². The van der Waals surface area contributed by atoms with Crippen LogP contribution in [0.5, 0.6) is 5.75 Å². The summed E-state index contributed by atoms with van der Waals surface area (Å²) in [6, 6.07) is 6.18. The number of rotatable bonds is 6. The van der Waals surface area contributed by atoms with Crippen molar-refractivity contribution in [3.63, 3.8) is 0 Å². The molecule has 0 aliphatic heterocycles. The Bertz CT molecular complexity index is 341. The predicted octanol–water partition coefficient (Wildman–Crippen LogP) is 2.17. The summed E-state index contributed by atoms with van der Waals surface area (Å²) in [5.74, 6) is 0.908. The molecule has 1 atom stereocenters. The first-order valence-corrected chi connectivity index (χ1v) is 6.04. The van der Waals surface area contributed by atoms with E-state index in [4.69, 9.17) is 15.6 Å². The van der Waals surface area contributed by atoms with E-state index in [9.17, 15) is 0 Å². The molecule has 0 amide bonds. The minimum absolute atomic E-state index is 0.0105. The second-order valence-corrected chi connectivity index (χ2v) is 5.09. The standard InChI is InChI=1S/C14H23NO2/c1-11-7-12(2)9-13(8-11)17-6-4-5-14(3,15)10-16/h7-9,16H,4-6,10,15H2,1-3H3. The van der Waals surface area contributed by atoms with Crippen molar-refractivity contribution in [2.45, 2.75) is 39.2 Å². The van der Waals surface area contributed by atoms with E-state index in [1.165, 1.54) is 11.1 Å². The summed E-state index contributed by atoms with van der Waals surface area (Å²) in [4.78, 5) is 0. The van der Waals surface area contributed by atoms with E-state index < -0.39 is 5.54 Å². The third kappa shape index (κ3) is 5.20. The summed E-state index contributed by atoms with van der Waals surface area (Å²) < 4.78 is 5.67. The highest BCUT2D eigenvalue weighted by Gasteiger charge is 2.15. The Morgan fingerprint density at radius 2 is 1.82 bits per heavy atom. The first-order valence-electron chi connectivity index (χ1n) is 6.04. The van der Waals surface area contributed by atoms with Gasteiger partial charge in [0.25, 0.3) is 0 Å². The number of aliphatic hydroxyl groups is 1. The van der Waals surface area contributed by atoms with E-state index >= 15 is 0 Å². The zero-order chi connectivity index (χ0) is 12.9. The molecule has 1 rings (SSSR count). The molecule has 0 saturated carbocycles. The summed E-state index contributed by atoms with van der Waals surface area (Å²) in [5, 5.41) is 9.02. The van der Waals surface area contributed by atoms with Crippen LogP contribution in [0.25, 0.3) is 0 Å². The Morgan fingerprint density at radius 3 is 2.35 bits per heavy atom. The number of benzene rings is 1. The van der Waals surface area contributed by atoms with Gasteiger partial charge in [-0.3, -0.25) is 0 Å². The molecule has 17 heavy (non-hydrogen) atoms. The number of nitrogens with two attached hydrogens (primary N) is 1. The molecular weight excluding hydrogens is 214 g/mol. The van der Waals surface area contributed by atoms with E-state index in [2.05, 4.69) is 19.9 Å². The molecule has 1 unspecified atom stereocenters. The monoisotopic (exact) mass is 237 g/mol. The van der Waals surface area contributed by atoms with Crippen LogP contribution in [0.15, 0.2) is 18.2 Å². The Kier molecular flexibility index (Phi) is 4.97. The lowest BCUT2D eigenvalue weighted by Crippen LogP contribution is -2.40. The molecule has 0 fully saturated rings. The molecule has 1 aromatic rings. The smallest absolute Gasteiger partial charge is 0.119 e. The zero-order valence-corrected chi connectivity index (χ0v) is 11.0. The summed E-state index contributed by atoms with van der Waals surface area (Å²) in [5.41, 5.74) is 7.76. The fraction of sp³-hybridized carbons (Fsp3) is 0.571. The van der Waals surface area contributed by atoms with Gasteiger partial charge < -0.3 is 15.6 Å². The molecule has 0 spiro atoms. The third-order valence-electron chi connectivity index (χ3n) is 2.72. The van der Waals surface area contributed by atoms with Crippen LogP contribution in [0.1, 0.15) is 30.9 Å². The molecule has 0 aromatic heterocycles. The van der Waals surface area contributed by atoms with Crippen molar-refractivity contribution in [1.82, 2.24) is 0 Å². The lowest BCUT2D eigenvalue weighted by molar-refractivity contribution is 0.188. The number of aryl methyl sites for hydroxylation is 2. The van der Waals surface area contributed by atoms with Gasteiger partial charge in [-0.1, -0.05) is 6.07 Å². The molecule has 96 valence electrons. The van der Waals surface area contributed by atoms with E-state index in [1.54, 1.807) is 0 Å². The fourth-order valence-electron chi connectivity index (χ4n) is 1.76. The number of aliphatic hydroxyl groups excluding tert-OH is 1. The Labute approximate surface area is 104 Å². The molecule has 0 aliphatic carbocycles. The lowest BCUT2D eigenvalue weighted by Gasteiger charge is -2.21. The summed E-state index contributed by atoms with van der Waals surface area (Å²) in [6.45, 7) is 6.61. The van der Waals surface area contributed by atoms with Gasteiger partial charge in [-0.05, 0) is 56.9 Å². The highest BCUT2D eigenvalue weighted by Crippen LogP contribution is 2.17. The van der Waals surface area contributed by atoms with E-state index in [-0.39, 0.29) is 6.61 Å². The minimum Gasteiger partial charge on any atom is -0.494 e. The normalized spacial score (nSPS) is 14.4. The van der Waals surface area contributed by atoms with Crippen LogP contribution >= 0.6 is 0 Å². The molecule has 0 bridgehead atoms. The van der Waals surface area contributed by atoms with Gasteiger partial charge in [0.15, 0.2) is 0 Å². The molecule has 0 radical (unpaired) electrons. The van der Waals surface area contributed by atoms with E-state index in [0.717, 1.165) is 18.6 Å². The molecular formula is C14H23NO2. The van der Waals surface area contributed by atoms with Crippen LogP contribution in [0.2, 0.25) is 0 Å². The van der Waals surface area contributed by atoms with E-state index in [1.807, 2.05) is 19.1 Å². The van der Waals surface area contributed by atoms with Crippen LogP contribution in [-0.4, -0.2) is 23.9 Å². The zero-order valence-electron chi connectivity index (χ0n) is 11.0. The number of hydrogen-bond donors (Lipinski definition) is 2. The molecule has 1 aromatic carbocycles. The second-order valence-electron chi connectivity index (χ2n) is 5.09. The van der Waals surface area contributed by atoms with Gasteiger partial charge in [0.1, 0.15) is 5.75 Å². The van der Waals surface area contributed by atoms with Crippen LogP contribution < -0.4 is 10.5 Å². The first kappa shape index (κ1) is 14.0. The summed E-state index contributed by atoms with van der Waals surface area (Å²) in [6.07, 6.45) is 1.61. The maximum atomic E-state index is 9.02. The van der Waals surface area contributed by atoms with Gasteiger partial charge >= 0.3 is 0 Å². The van der Waals surface area contributed by atoms with E-state index in [0.29, 0.717) is 6.61 Å². The maximum Gasteiger partial charge on any atom is 0.119 e. The SMILES string of the molecule is Cc1cc(C)cc(OCCCC(C)(N)CO)c1. The average molecular weight is 237 g/mol. The number of hydrogen-bond acceptors (Lipinski definition) is 3. The Hall–Kier alpha value is -1.06. The summed E-state index contributed by atoms with van der Waals surface area (Å²) in [7, 11) is 0. The van der Waals surface area contributed by atoms with Crippen molar-refractivity contribution in [2.24, 2.45) is 5.73 Å². The molecule has 3 N–H and O–H groups in total. The molecule has 3 nitrogen and oxygen atoms in total. The van der Waals surface area contributed by atoms with Crippen LogP contribution in [0.4, 0.5) is 0 Å². The first-order chi connectivity index (χ1) is 7.93. The van der Waals surface area contributed by atoms with Crippen molar-refractivity contribution in [1.29, 1.82) is 0 Å². The van der Waals surface area contributed by atoms with Gasteiger partial charge in [0, 0.05) is 5.54 Å². The van der Waals surface area contributed by atoms with Crippen molar-refractivity contribution >= 4 is 0 Å². The fourth-order valence-corrected chi connectivity index (χ4v) is 1.76. The topological polar surface area (TPSA) is 55.5 Å². The quantitative estimate of drug-likeness (QED) is 0.746. The largest absolute Gasteiger partial charge is 0.494 e. The molecule has 3 heteroatoms. The maximum absolute atomic E-state index is 9.02. The van der Waals surface area contributed by atoms with Crippen molar-refractivity contribution in [3.8, 4) is 5.75 Å². The van der Waals surface area contributed by atoms with Crippen LogP contribution in [-0.2, 0) is 0 Å². The minimum atomic E-state index is -0.494. The van der Waals surface area contributed by atoms with Gasteiger partial charge in [-0.25, -0.2) is 0 Å². The average Bonchev–Trinajstić information content (AvgIpc) is 2.23. The molecule has 0 aliphatic rings. The number of ether oxygens (including phenoxy) is 1. The third-order valence-corrected chi connectivity index (χ3v) is 2.72. The van der Waals surface area contributed by atoms with Crippen molar-refractivity contribution in [2.75, 3.05) is 13.2 Å². The summed E-state index contributed by atoms with van der Waals surface area (Å²) >= 11 is 0. The predicted molar refractivity (Wildman–Crippen MR) is 70.3 cm³/mol. The van der Waals surface area contributed by atoms with Crippen molar-refractivity contribution in [3.05, 3.63) is 29.3 Å². The highest BCUT2D eigenvalue weighted by molar-refractivity contribution is 5.32. The van der Waals surface area contributed by atoms with Gasteiger partial charge in [-0.15, -0.1) is 0 Å². The highest BCUT2D eigenvalue weighted by atomic mass is 16.5. The van der Waals surface area contributed by atoms with Gasteiger partial charge in [-0.2, -0.15) is 0 Å². The van der Waals surface area contributed by atoms with Crippen LogP contribution in [0, 0.1) is 13.8 Å². The van der Waals surface area contributed by atoms with Gasteiger partial charge in [0.05, 0.1) is 13.2 Å². The van der Waals surface area contributed by atoms with Crippen LogP contribution in [0.3, 0.4) is 0 Å². The Balaban J connectivity index is 2.36. The van der Waals surface area contributed by atoms with Crippen molar-refractivity contribution < 1.29 is 9.84 Å². The lowest BCUT2D eigenvalue weighted by atomic mass is 9.99. The second kappa shape index (κ2) is 6.03. The molecule has 0 heterocycles.